The van der Waals surface area contributed by atoms with Crippen LogP contribution in [-0.2, 0) is 6.54 Å². The van der Waals surface area contributed by atoms with Crippen LogP contribution >= 0.6 is 0 Å². The molecule has 5 heteroatoms. The van der Waals surface area contributed by atoms with Crippen LogP contribution in [0.3, 0.4) is 0 Å². The maximum Gasteiger partial charge on any atom is 0.229 e. The lowest BCUT2D eigenvalue weighted by Crippen LogP contribution is -2.17. The smallest absolute Gasteiger partial charge is 0.229 e. The largest absolute Gasteiger partial charge is 0.494 e. The van der Waals surface area contributed by atoms with Crippen LogP contribution in [0.25, 0.3) is 0 Å². The van der Waals surface area contributed by atoms with Gasteiger partial charge in [0.05, 0.1) is 13.2 Å². The van der Waals surface area contributed by atoms with Crippen molar-refractivity contribution >= 4 is 5.69 Å². The van der Waals surface area contributed by atoms with Crippen LogP contribution in [0, 0.1) is 0 Å². The third-order valence-corrected chi connectivity index (χ3v) is 3.38. The van der Waals surface area contributed by atoms with Gasteiger partial charge in [-0.3, -0.25) is 0 Å². The van der Waals surface area contributed by atoms with Gasteiger partial charge in [-0.05, 0) is 44.0 Å². The summed E-state index contributed by atoms with van der Waals surface area (Å²) in [6, 6.07) is 8.02. The Morgan fingerprint density at radius 1 is 1.30 bits per heavy atom. The van der Waals surface area contributed by atoms with E-state index in [-0.39, 0.29) is 0 Å². The first-order chi connectivity index (χ1) is 9.76. The fraction of sp³-hybridized carbons (Fsp3) is 0.467. The van der Waals surface area contributed by atoms with Gasteiger partial charge in [-0.15, -0.1) is 0 Å². The van der Waals surface area contributed by atoms with Gasteiger partial charge in [0.1, 0.15) is 5.75 Å². The molecule has 1 fully saturated rings. The molecule has 0 saturated heterocycles. The number of benzene rings is 1. The predicted octanol–water partition coefficient (Wildman–Crippen LogP) is 2.98. The van der Waals surface area contributed by atoms with E-state index in [1.54, 1.807) is 0 Å². The van der Waals surface area contributed by atoms with Gasteiger partial charge in [-0.2, -0.15) is 4.98 Å². The van der Waals surface area contributed by atoms with Crippen molar-refractivity contribution in [1.29, 1.82) is 0 Å². The van der Waals surface area contributed by atoms with Crippen molar-refractivity contribution in [1.82, 2.24) is 10.1 Å². The summed E-state index contributed by atoms with van der Waals surface area (Å²) in [6.45, 7) is 3.31. The Labute approximate surface area is 118 Å². The number of hydrogen-bond acceptors (Lipinski definition) is 5. The summed E-state index contributed by atoms with van der Waals surface area (Å²) in [7, 11) is 2.02. The zero-order chi connectivity index (χ0) is 13.9. The molecule has 1 aliphatic carbocycles. The van der Waals surface area contributed by atoms with Crippen molar-refractivity contribution in [2.24, 2.45) is 0 Å². The van der Waals surface area contributed by atoms with Crippen molar-refractivity contribution in [2.75, 3.05) is 18.6 Å². The molecule has 3 rings (SSSR count). The molecule has 0 atom stereocenters. The number of aromatic nitrogens is 2. The Bertz CT molecular complexity index is 561. The third-order valence-electron chi connectivity index (χ3n) is 3.38. The summed E-state index contributed by atoms with van der Waals surface area (Å²) in [4.78, 5) is 6.54. The molecule has 2 aromatic rings. The van der Waals surface area contributed by atoms with Gasteiger partial charge in [0.15, 0.2) is 5.82 Å². The summed E-state index contributed by atoms with van der Waals surface area (Å²) in [5, 5.41) is 4.04. The molecule has 106 valence electrons. The third kappa shape index (κ3) is 2.92. The van der Waals surface area contributed by atoms with Crippen LogP contribution in [0.2, 0.25) is 0 Å². The van der Waals surface area contributed by atoms with Crippen LogP contribution in [0.5, 0.6) is 5.75 Å². The number of rotatable bonds is 6. The lowest BCUT2D eigenvalue weighted by molar-refractivity contribution is 0.340. The predicted molar refractivity (Wildman–Crippen MR) is 76.0 cm³/mol. The molecule has 1 aromatic carbocycles. The monoisotopic (exact) mass is 273 g/mol. The van der Waals surface area contributed by atoms with Gasteiger partial charge >= 0.3 is 0 Å². The van der Waals surface area contributed by atoms with E-state index in [0.29, 0.717) is 19.1 Å². The molecule has 0 N–H and O–H groups in total. The minimum absolute atomic E-state index is 0.507. The Balaban J connectivity index is 1.63. The molecule has 0 bridgehead atoms. The molecular formula is C15H19N3O2. The average molecular weight is 273 g/mol. The second kappa shape index (κ2) is 5.53. The average Bonchev–Trinajstić information content (AvgIpc) is 3.21. The zero-order valence-electron chi connectivity index (χ0n) is 11.9. The molecule has 1 aromatic heterocycles. The van der Waals surface area contributed by atoms with Gasteiger partial charge in [-0.1, -0.05) is 5.16 Å². The Kier molecular flexibility index (Phi) is 3.58. The molecule has 1 aliphatic rings. The lowest BCUT2D eigenvalue weighted by atomic mass is 10.3. The fourth-order valence-corrected chi connectivity index (χ4v) is 2.09. The van der Waals surface area contributed by atoms with Crippen molar-refractivity contribution in [3.05, 3.63) is 36.0 Å². The van der Waals surface area contributed by atoms with E-state index >= 15 is 0 Å². The lowest BCUT2D eigenvalue weighted by Gasteiger charge is -2.17. The first-order valence-corrected chi connectivity index (χ1v) is 7.02. The number of ether oxygens (including phenoxy) is 1. The number of hydrogen-bond donors (Lipinski definition) is 0. The highest BCUT2D eigenvalue weighted by atomic mass is 16.5. The minimum atomic E-state index is 0.507. The summed E-state index contributed by atoms with van der Waals surface area (Å²) in [5.74, 6) is 2.93. The highest BCUT2D eigenvalue weighted by Gasteiger charge is 2.29. The van der Waals surface area contributed by atoms with Gasteiger partial charge in [0.25, 0.3) is 0 Å². The maximum atomic E-state index is 5.44. The molecule has 0 amide bonds. The van der Waals surface area contributed by atoms with E-state index in [1.165, 1.54) is 12.8 Å². The van der Waals surface area contributed by atoms with Crippen LogP contribution in [0.4, 0.5) is 5.69 Å². The maximum absolute atomic E-state index is 5.44. The molecule has 0 aliphatic heterocycles. The van der Waals surface area contributed by atoms with E-state index < -0.39 is 0 Å². The molecule has 20 heavy (non-hydrogen) atoms. The number of anilines is 1. The van der Waals surface area contributed by atoms with Crippen molar-refractivity contribution in [2.45, 2.75) is 32.2 Å². The van der Waals surface area contributed by atoms with Crippen molar-refractivity contribution in [3.63, 3.8) is 0 Å². The van der Waals surface area contributed by atoms with Gasteiger partial charge < -0.3 is 14.2 Å². The van der Waals surface area contributed by atoms with Gasteiger partial charge in [-0.25, -0.2) is 0 Å². The molecule has 1 heterocycles. The summed E-state index contributed by atoms with van der Waals surface area (Å²) in [5.41, 5.74) is 1.10. The van der Waals surface area contributed by atoms with Crippen molar-refractivity contribution < 1.29 is 9.26 Å². The van der Waals surface area contributed by atoms with E-state index in [2.05, 4.69) is 15.0 Å². The Morgan fingerprint density at radius 3 is 2.70 bits per heavy atom. The molecule has 0 unspecified atom stereocenters. The second-order valence-electron chi connectivity index (χ2n) is 5.11. The topological polar surface area (TPSA) is 51.4 Å². The Hall–Kier alpha value is -2.04. The van der Waals surface area contributed by atoms with Crippen LogP contribution in [0.15, 0.2) is 28.8 Å². The Morgan fingerprint density at radius 2 is 2.05 bits per heavy atom. The summed E-state index contributed by atoms with van der Waals surface area (Å²) in [6.07, 6.45) is 2.35. The van der Waals surface area contributed by atoms with Crippen LogP contribution < -0.4 is 9.64 Å². The standard InChI is InChI=1S/C15H19N3O2/c1-3-19-13-8-6-12(7-9-13)18(2)10-14-16-15(20-17-14)11-4-5-11/h6-9,11H,3-5,10H2,1-2H3. The SMILES string of the molecule is CCOc1ccc(N(C)Cc2noc(C3CC3)n2)cc1. The van der Waals surface area contributed by atoms with E-state index in [9.17, 15) is 0 Å². The summed E-state index contributed by atoms with van der Waals surface area (Å²) < 4.78 is 10.7. The molecular weight excluding hydrogens is 254 g/mol. The molecule has 0 spiro atoms. The van der Waals surface area contributed by atoms with E-state index in [4.69, 9.17) is 9.26 Å². The first-order valence-electron chi connectivity index (χ1n) is 7.02. The zero-order valence-corrected chi connectivity index (χ0v) is 11.9. The second-order valence-corrected chi connectivity index (χ2v) is 5.11. The van der Waals surface area contributed by atoms with Crippen molar-refractivity contribution in [3.8, 4) is 5.75 Å². The summed E-state index contributed by atoms with van der Waals surface area (Å²) >= 11 is 0. The van der Waals surface area contributed by atoms with Crippen LogP contribution in [-0.4, -0.2) is 23.8 Å². The van der Waals surface area contributed by atoms with Gasteiger partial charge in [0, 0.05) is 18.7 Å². The van der Waals surface area contributed by atoms with Gasteiger partial charge in [0.2, 0.25) is 5.89 Å². The molecule has 0 radical (unpaired) electrons. The number of nitrogens with zero attached hydrogens (tertiary/aromatic N) is 3. The molecule has 5 nitrogen and oxygen atoms in total. The highest BCUT2D eigenvalue weighted by molar-refractivity contribution is 5.48. The van der Waals surface area contributed by atoms with E-state index in [0.717, 1.165) is 23.2 Å². The highest BCUT2D eigenvalue weighted by Crippen LogP contribution is 2.38. The molecule has 1 saturated carbocycles. The van der Waals surface area contributed by atoms with Crippen LogP contribution in [0.1, 0.15) is 37.4 Å². The minimum Gasteiger partial charge on any atom is -0.494 e. The normalized spacial score (nSPS) is 14.3. The van der Waals surface area contributed by atoms with E-state index in [1.807, 2.05) is 38.2 Å². The first kappa shape index (κ1) is 13.0. The quantitative estimate of drug-likeness (QED) is 0.810. The fourth-order valence-electron chi connectivity index (χ4n) is 2.09.